The molecule has 2 aromatic rings. The first-order chi connectivity index (χ1) is 9.67. The van der Waals surface area contributed by atoms with Gasteiger partial charge in [-0.25, -0.2) is 0 Å². The van der Waals surface area contributed by atoms with E-state index in [4.69, 9.17) is 4.42 Å². The highest BCUT2D eigenvalue weighted by atomic mass is 16.3. The summed E-state index contributed by atoms with van der Waals surface area (Å²) < 4.78 is 6.09. The van der Waals surface area contributed by atoms with Crippen LogP contribution in [0, 0.1) is 18.8 Å². The number of furan rings is 1. The van der Waals surface area contributed by atoms with Crippen LogP contribution in [0.15, 0.2) is 28.7 Å². The van der Waals surface area contributed by atoms with Gasteiger partial charge in [-0.3, -0.25) is 0 Å². The van der Waals surface area contributed by atoms with Crippen molar-refractivity contribution in [1.82, 2.24) is 5.32 Å². The Bertz CT molecular complexity index is 578. The van der Waals surface area contributed by atoms with Gasteiger partial charge in [-0.15, -0.1) is 0 Å². The van der Waals surface area contributed by atoms with Gasteiger partial charge in [0, 0.05) is 5.39 Å². The van der Waals surface area contributed by atoms with Gasteiger partial charge >= 0.3 is 0 Å². The quantitative estimate of drug-likeness (QED) is 0.865. The molecule has 1 N–H and O–H groups in total. The summed E-state index contributed by atoms with van der Waals surface area (Å²) in [5.74, 6) is 2.70. The summed E-state index contributed by atoms with van der Waals surface area (Å²) in [5, 5.41) is 4.71. The maximum atomic E-state index is 6.09. The van der Waals surface area contributed by atoms with Crippen LogP contribution in [0.25, 0.3) is 11.0 Å². The molecule has 1 heterocycles. The molecule has 0 aliphatic heterocycles. The Morgan fingerprint density at radius 3 is 2.60 bits per heavy atom. The summed E-state index contributed by atoms with van der Waals surface area (Å²) in [6, 6.07) is 8.99. The second-order valence-corrected chi connectivity index (χ2v) is 6.48. The molecule has 1 aromatic carbocycles. The van der Waals surface area contributed by atoms with Crippen LogP contribution < -0.4 is 5.32 Å². The fourth-order valence-corrected chi connectivity index (χ4v) is 3.57. The van der Waals surface area contributed by atoms with Gasteiger partial charge in [0.2, 0.25) is 0 Å². The first-order valence-electron chi connectivity index (χ1n) is 7.84. The third kappa shape index (κ3) is 2.62. The first kappa shape index (κ1) is 13.7. The fourth-order valence-electron chi connectivity index (χ4n) is 3.57. The number of aryl methyl sites for hydroxylation is 1. The van der Waals surface area contributed by atoms with E-state index in [2.05, 4.69) is 50.5 Å². The minimum atomic E-state index is 0.357. The molecule has 1 aliphatic rings. The molecule has 1 aliphatic carbocycles. The average Bonchev–Trinajstić information content (AvgIpc) is 2.84. The predicted octanol–water partition coefficient (Wildman–Crippen LogP) is 4.83. The molecule has 108 valence electrons. The molecule has 1 fully saturated rings. The highest BCUT2D eigenvalue weighted by Gasteiger charge is 2.28. The van der Waals surface area contributed by atoms with Crippen LogP contribution in [0.3, 0.4) is 0 Å². The van der Waals surface area contributed by atoms with E-state index in [1.165, 1.54) is 36.6 Å². The van der Waals surface area contributed by atoms with Gasteiger partial charge in [-0.2, -0.15) is 0 Å². The lowest BCUT2D eigenvalue weighted by atomic mass is 9.78. The minimum absolute atomic E-state index is 0.357. The van der Waals surface area contributed by atoms with Crippen LogP contribution in [0.1, 0.15) is 50.0 Å². The lowest BCUT2D eigenvalue weighted by molar-refractivity contribution is 0.221. The van der Waals surface area contributed by atoms with Crippen LogP contribution in [-0.4, -0.2) is 7.05 Å². The lowest BCUT2D eigenvalue weighted by Crippen LogP contribution is -2.28. The monoisotopic (exact) mass is 271 g/mol. The smallest absolute Gasteiger partial charge is 0.134 e. The first-order valence-corrected chi connectivity index (χ1v) is 7.84. The number of rotatable bonds is 3. The van der Waals surface area contributed by atoms with Gasteiger partial charge < -0.3 is 9.73 Å². The average molecular weight is 271 g/mol. The summed E-state index contributed by atoms with van der Waals surface area (Å²) in [4.78, 5) is 0. The van der Waals surface area contributed by atoms with Crippen LogP contribution in [-0.2, 0) is 0 Å². The number of fused-ring (bicyclic) bond motifs is 1. The second-order valence-electron chi connectivity index (χ2n) is 6.48. The number of hydrogen-bond donors (Lipinski definition) is 1. The third-order valence-electron chi connectivity index (χ3n) is 4.84. The molecule has 3 rings (SSSR count). The fraction of sp³-hybridized carbons (Fsp3) is 0.556. The number of nitrogens with one attached hydrogen (secondary N) is 1. The molecule has 0 radical (unpaired) electrons. The molecule has 1 unspecified atom stereocenters. The third-order valence-corrected chi connectivity index (χ3v) is 4.84. The molecule has 2 heteroatoms. The maximum Gasteiger partial charge on any atom is 0.134 e. The van der Waals surface area contributed by atoms with E-state index in [0.29, 0.717) is 12.0 Å². The van der Waals surface area contributed by atoms with E-state index in [1.807, 2.05) is 0 Å². The normalized spacial score (nSPS) is 24.9. The van der Waals surface area contributed by atoms with Crippen LogP contribution >= 0.6 is 0 Å². The Morgan fingerprint density at radius 2 is 1.90 bits per heavy atom. The highest BCUT2D eigenvalue weighted by Crippen LogP contribution is 2.38. The Hall–Kier alpha value is -1.28. The molecule has 1 atom stereocenters. The summed E-state index contributed by atoms with van der Waals surface area (Å²) in [5.41, 5.74) is 2.30. The van der Waals surface area contributed by atoms with Crippen molar-refractivity contribution in [2.75, 3.05) is 7.05 Å². The zero-order valence-corrected chi connectivity index (χ0v) is 12.8. The Morgan fingerprint density at radius 1 is 1.15 bits per heavy atom. The van der Waals surface area contributed by atoms with Gasteiger partial charge in [0.1, 0.15) is 11.3 Å². The van der Waals surface area contributed by atoms with E-state index in [-0.39, 0.29) is 0 Å². The van der Waals surface area contributed by atoms with Gasteiger partial charge in [0.25, 0.3) is 0 Å². The highest BCUT2D eigenvalue weighted by molar-refractivity contribution is 5.78. The van der Waals surface area contributed by atoms with Gasteiger partial charge in [0.05, 0.1) is 6.04 Å². The molecule has 0 saturated heterocycles. The standard InChI is InChI=1S/C18H25NO/c1-12-4-7-14(8-5-12)18(19-3)17-11-15-10-13(2)6-9-16(15)20-17/h6,9-12,14,18-19H,4-5,7-8H2,1-3H3. The van der Waals surface area contributed by atoms with Crippen molar-refractivity contribution in [2.45, 2.75) is 45.6 Å². The van der Waals surface area contributed by atoms with E-state index in [9.17, 15) is 0 Å². The van der Waals surface area contributed by atoms with E-state index < -0.39 is 0 Å². The molecule has 20 heavy (non-hydrogen) atoms. The molecule has 1 saturated carbocycles. The summed E-state index contributed by atoms with van der Waals surface area (Å²) in [6.07, 6.45) is 5.32. The molecule has 2 nitrogen and oxygen atoms in total. The van der Waals surface area contributed by atoms with Gasteiger partial charge in [-0.05, 0) is 56.8 Å². The minimum Gasteiger partial charge on any atom is -0.459 e. The molecule has 0 spiro atoms. The number of benzene rings is 1. The van der Waals surface area contributed by atoms with Crippen molar-refractivity contribution < 1.29 is 4.42 Å². The molecular weight excluding hydrogens is 246 g/mol. The Balaban J connectivity index is 1.87. The zero-order chi connectivity index (χ0) is 14.1. The molecule has 1 aromatic heterocycles. The van der Waals surface area contributed by atoms with E-state index in [1.54, 1.807) is 0 Å². The maximum absolute atomic E-state index is 6.09. The van der Waals surface area contributed by atoms with Crippen molar-refractivity contribution in [3.05, 3.63) is 35.6 Å². The SMILES string of the molecule is CNC(c1cc2cc(C)ccc2o1)C1CCC(C)CC1. The van der Waals surface area contributed by atoms with Crippen molar-refractivity contribution in [3.63, 3.8) is 0 Å². The topological polar surface area (TPSA) is 25.2 Å². The Kier molecular flexibility index (Phi) is 3.84. The van der Waals surface area contributed by atoms with Crippen LogP contribution in [0.5, 0.6) is 0 Å². The van der Waals surface area contributed by atoms with Crippen molar-refractivity contribution >= 4 is 11.0 Å². The zero-order valence-electron chi connectivity index (χ0n) is 12.8. The predicted molar refractivity (Wildman–Crippen MR) is 83.9 cm³/mol. The van der Waals surface area contributed by atoms with Gasteiger partial charge in [0.15, 0.2) is 0 Å². The van der Waals surface area contributed by atoms with E-state index in [0.717, 1.165) is 17.3 Å². The van der Waals surface area contributed by atoms with Crippen LogP contribution in [0.2, 0.25) is 0 Å². The molecule has 0 amide bonds. The van der Waals surface area contributed by atoms with Crippen molar-refractivity contribution in [2.24, 2.45) is 11.8 Å². The summed E-state index contributed by atoms with van der Waals surface area (Å²) in [7, 11) is 2.06. The van der Waals surface area contributed by atoms with Gasteiger partial charge in [-0.1, -0.05) is 31.4 Å². The Labute approximate surface area is 121 Å². The molecule has 0 bridgehead atoms. The summed E-state index contributed by atoms with van der Waals surface area (Å²) in [6.45, 7) is 4.50. The molecular formula is C18H25NO. The van der Waals surface area contributed by atoms with Crippen molar-refractivity contribution in [1.29, 1.82) is 0 Å². The van der Waals surface area contributed by atoms with E-state index >= 15 is 0 Å². The van der Waals surface area contributed by atoms with Crippen LogP contribution in [0.4, 0.5) is 0 Å². The second kappa shape index (κ2) is 5.61. The lowest BCUT2D eigenvalue weighted by Gasteiger charge is -2.31. The largest absolute Gasteiger partial charge is 0.459 e. The van der Waals surface area contributed by atoms with Crippen molar-refractivity contribution in [3.8, 4) is 0 Å². The number of hydrogen-bond acceptors (Lipinski definition) is 2. The summed E-state index contributed by atoms with van der Waals surface area (Å²) >= 11 is 0.